The summed E-state index contributed by atoms with van der Waals surface area (Å²) in [5, 5.41) is 12.0. The molecule has 3 heteroatoms. The van der Waals surface area contributed by atoms with Gasteiger partial charge in [-0.05, 0) is 12.5 Å². The fraction of sp³-hybridized carbons (Fsp3) is 0.455. The number of hydrogen-bond acceptors (Lipinski definition) is 3. The average Bonchev–Trinajstić information content (AvgIpc) is 2.26. The van der Waals surface area contributed by atoms with Gasteiger partial charge >= 0.3 is 0 Å². The molecule has 0 heterocycles. The van der Waals surface area contributed by atoms with Gasteiger partial charge in [0.1, 0.15) is 0 Å². The number of rotatable bonds is 5. The Balaban J connectivity index is 2.39. The Morgan fingerprint density at radius 3 is 2.57 bits per heavy atom. The van der Waals surface area contributed by atoms with E-state index in [1.54, 1.807) is 0 Å². The molecule has 1 aromatic rings. The summed E-state index contributed by atoms with van der Waals surface area (Å²) >= 11 is 0. The van der Waals surface area contributed by atoms with Gasteiger partial charge in [0.05, 0.1) is 6.61 Å². The molecule has 0 spiro atoms. The van der Waals surface area contributed by atoms with Crippen molar-refractivity contribution in [1.29, 1.82) is 0 Å². The number of nitrogens with two attached hydrogens (primary N) is 1. The zero-order valence-electron chi connectivity index (χ0n) is 8.48. The van der Waals surface area contributed by atoms with Gasteiger partial charge in [0.25, 0.3) is 0 Å². The predicted octanol–water partition coefficient (Wildman–Crippen LogP) is 0.657. The molecule has 1 aromatic carbocycles. The van der Waals surface area contributed by atoms with Crippen molar-refractivity contribution in [3.63, 3.8) is 0 Å². The van der Waals surface area contributed by atoms with Crippen LogP contribution in [0.1, 0.15) is 18.5 Å². The molecule has 0 aliphatic carbocycles. The lowest BCUT2D eigenvalue weighted by molar-refractivity contribution is 0.260. The highest BCUT2D eigenvalue weighted by molar-refractivity contribution is 5.17. The summed E-state index contributed by atoms with van der Waals surface area (Å²) in [6.07, 6.45) is 0. The van der Waals surface area contributed by atoms with Crippen molar-refractivity contribution in [3.05, 3.63) is 35.9 Å². The van der Waals surface area contributed by atoms with Crippen LogP contribution >= 0.6 is 0 Å². The Hall–Kier alpha value is -0.900. The summed E-state index contributed by atoms with van der Waals surface area (Å²) in [6.45, 7) is 2.74. The topological polar surface area (TPSA) is 58.3 Å². The third-order valence-electron chi connectivity index (χ3n) is 2.22. The van der Waals surface area contributed by atoms with Gasteiger partial charge in [-0.3, -0.25) is 0 Å². The molecule has 78 valence electrons. The summed E-state index contributed by atoms with van der Waals surface area (Å²) in [5.74, 6) is 0. The molecule has 0 amide bonds. The average molecular weight is 194 g/mol. The van der Waals surface area contributed by atoms with Crippen molar-refractivity contribution in [3.8, 4) is 0 Å². The molecule has 1 rings (SSSR count). The maximum Gasteiger partial charge on any atom is 0.0594 e. The Morgan fingerprint density at radius 1 is 1.36 bits per heavy atom. The first-order valence-electron chi connectivity index (χ1n) is 4.88. The third-order valence-corrected chi connectivity index (χ3v) is 2.22. The highest BCUT2D eigenvalue weighted by Gasteiger charge is 2.05. The van der Waals surface area contributed by atoms with Crippen LogP contribution in [0.25, 0.3) is 0 Å². The van der Waals surface area contributed by atoms with E-state index in [1.165, 1.54) is 5.56 Å². The molecule has 0 saturated carbocycles. The van der Waals surface area contributed by atoms with Crippen LogP contribution in [0.5, 0.6) is 0 Å². The molecule has 2 unspecified atom stereocenters. The molecule has 0 aliphatic rings. The number of hydrogen-bond donors (Lipinski definition) is 3. The lowest BCUT2D eigenvalue weighted by Gasteiger charge is -2.16. The van der Waals surface area contributed by atoms with Crippen molar-refractivity contribution in [2.24, 2.45) is 5.73 Å². The zero-order valence-corrected chi connectivity index (χ0v) is 8.48. The molecule has 0 aromatic heterocycles. The fourth-order valence-electron chi connectivity index (χ4n) is 1.25. The Labute approximate surface area is 84.9 Å². The van der Waals surface area contributed by atoms with E-state index in [0.717, 1.165) is 0 Å². The van der Waals surface area contributed by atoms with Crippen molar-refractivity contribution in [1.82, 2.24) is 5.32 Å². The second-order valence-electron chi connectivity index (χ2n) is 3.48. The van der Waals surface area contributed by atoms with Crippen LogP contribution in [0, 0.1) is 0 Å². The molecule has 0 fully saturated rings. The van der Waals surface area contributed by atoms with Crippen LogP contribution in [-0.2, 0) is 0 Å². The maximum atomic E-state index is 8.75. The van der Waals surface area contributed by atoms with Crippen molar-refractivity contribution >= 4 is 0 Å². The molecule has 2 atom stereocenters. The summed E-state index contributed by atoms with van der Waals surface area (Å²) in [7, 11) is 0. The maximum absolute atomic E-state index is 8.75. The number of nitrogens with one attached hydrogen (secondary N) is 1. The van der Waals surface area contributed by atoms with Crippen LogP contribution in [-0.4, -0.2) is 24.3 Å². The van der Waals surface area contributed by atoms with E-state index in [0.29, 0.717) is 6.54 Å². The van der Waals surface area contributed by atoms with E-state index < -0.39 is 0 Å². The van der Waals surface area contributed by atoms with E-state index in [2.05, 4.69) is 24.4 Å². The van der Waals surface area contributed by atoms with Gasteiger partial charge in [0.2, 0.25) is 0 Å². The molecule has 0 bridgehead atoms. The predicted molar refractivity (Wildman–Crippen MR) is 57.9 cm³/mol. The van der Waals surface area contributed by atoms with Gasteiger partial charge in [-0.15, -0.1) is 0 Å². The standard InChI is InChI=1S/C11H18N2O/c1-9(13-7-11(12)8-14)10-5-3-2-4-6-10/h2-6,9,11,13-14H,7-8,12H2,1H3. The first-order valence-corrected chi connectivity index (χ1v) is 4.88. The number of benzene rings is 1. The first kappa shape index (κ1) is 11.2. The molecule has 0 saturated heterocycles. The Bertz CT molecular complexity index is 251. The zero-order chi connectivity index (χ0) is 10.4. The number of aliphatic hydroxyl groups is 1. The third kappa shape index (κ3) is 3.46. The van der Waals surface area contributed by atoms with Gasteiger partial charge in [0, 0.05) is 18.6 Å². The second-order valence-corrected chi connectivity index (χ2v) is 3.48. The van der Waals surface area contributed by atoms with Crippen molar-refractivity contribution in [2.75, 3.05) is 13.2 Å². The number of aliphatic hydroxyl groups excluding tert-OH is 1. The SMILES string of the molecule is CC(NCC(N)CO)c1ccccc1. The van der Waals surface area contributed by atoms with E-state index in [-0.39, 0.29) is 18.7 Å². The van der Waals surface area contributed by atoms with Crippen LogP contribution in [0.2, 0.25) is 0 Å². The smallest absolute Gasteiger partial charge is 0.0594 e. The molecular weight excluding hydrogens is 176 g/mol. The van der Waals surface area contributed by atoms with Gasteiger partial charge in [-0.2, -0.15) is 0 Å². The first-order chi connectivity index (χ1) is 6.74. The normalized spacial score (nSPS) is 15.1. The lowest BCUT2D eigenvalue weighted by atomic mass is 10.1. The summed E-state index contributed by atoms with van der Waals surface area (Å²) in [4.78, 5) is 0. The van der Waals surface area contributed by atoms with Crippen molar-refractivity contribution < 1.29 is 5.11 Å². The van der Waals surface area contributed by atoms with E-state index >= 15 is 0 Å². The molecule has 3 nitrogen and oxygen atoms in total. The van der Waals surface area contributed by atoms with Gasteiger partial charge < -0.3 is 16.2 Å². The summed E-state index contributed by atoms with van der Waals surface area (Å²) < 4.78 is 0. The van der Waals surface area contributed by atoms with Crippen LogP contribution in [0.3, 0.4) is 0 Å². The Kier molecular flexibility index (Phi) is 4.59. The molecule has 14 heavy (non-hydrogen) atoms. The molecule has 4 N–H and O–H groups in total. The van der Waals surface area contributed by atoms with Crippen LogP contribution in [0.15, 0.2) is 30.3 Å². The minimum atomic E-state index is -0.179. The minimum absolute atomic E-state index is 0.0223. The summed E-state index contributed by atoms with van der Waals surface area (Å²) in [6, 6.07) is 10.3. The fourth-order valence-corrected chi connectivity index (χ4v) is 1.25. The molecular formula is C11H18N2O. The monoisotopic (exact) mass is 194 g/mol. The Morgan fingerprint density at radius 2 is 2.00 bits per heavy atom. The van der Waals surface area contributed by atoms with E-state index in [4.69, 9.17) is 10.8 Å². The second kappa shape index (κ2) is 5.75. The van der Waals surface area contributed by atoms with E-state index in [9.17, 15) is 0 Å². The highest BCUT2D eigenvalue weighted by atomic mass is 16.3. The largest absolute Gasteiger partial charge is 0.395 e. The molecule has 0 radical (unpaired) electrons. The molecule has 0 aliphatic heterocycles. The summed E-state index contributed by atoms with van der Waals surface area (Å²) in [5.41, 5.74) is 6.82. The van der Waals surface area contributed by atoms with Crippen molar-refractivity contribution in [2.45, 2.75) is 19.0 Å². The van der Waals surface area contributed by atoms with Gasteiger partial charge in [-0.25, -0.2) is 0 Å². The van der Waals surface area contributed by atoms with Gasteiger partial charge in [0.15, 0.2) is 0 Å². The lowest BCUT2D eigenvalue weighted by Crippen LogP contribution is -2.37. The highest BCUT2D eigenvalue weighted by Crippen LogP contribution is 2.10. The quantitative estimate of drug-likeness (QED) is 0.645. The van der Waals surface area contributed by atoms with Crippen LogP contribution in [0.4, 0.5) is 0 Å². The van der Waals surface area contributed by atoms with Gasteiger partial charge in [-0.1, -0.05) is 30.3 Å². The van der Waals surface area contributed by atoms with E-state index in [1.807, 2.05) is 18.2 Å². The van der Waals surface area contributed by atoms with Crippen LogP contribution < -0.4 is 11.1 Å². The minimum Gasteiger partial charge on any atom is -0.395 e.